The topological polar surface area (TPSA) is 50.9 Å². The van der Waals surface area contributed by atoms with Crippen LogP contribution in [0, 0.1) is 5.82 Å². The van der Waals surface area contributed by atoms with Crippen LogP contribution in [0.1, 0.15) is 6.42 Å². The number of aromatic nitrogens is 3. The van der Waals surface area contributed by atoms with Crippen molar-refractivity contribution in [3.8, 4) is 22.4 Å². The Labute approximate surface area is 127 Å². The maximum Gasteiger partial charge on any atom is 0.123 e. The van der Waals surface area contributed by atoms with Crippen molar-refractivity contribution < 1.29 is 9.50 Å². The van der Waals surface area contributed by atoms with E-state index in [0.29, 0.717) is 13.0 Å². The standard InChI is InChI=1S/C17H16FN3O/c18-15-4-2-13(3-5-15)16-12-20-21(10-1-11-22)17(16)14-6-8-19-9-7-14/h2-9,12,22H,1,10-11H2. The summed E-state index contributed by atoms with van der Waals surface area (Å²) < 4.78 is 15.0. The van der Waals surface area contributed by atoms with Crippen molar-refractivity contribution in [1.82, 2.24) is 14.8 Å². The van der Waals surface area contributed by atoms with Crippen LogP contribution in [-0.4, -0.2) is 26.5 Å². The summed E-state index contributed by atoms with van der Waals surface area (Å²) in [4.78, 5) is 4.04. The molecule has 0 unspecified atom stereocenters. The van der Waals surface area contributed by atoms with E-state index in [4.69, 9.17) is 5.11 Å². The lowest BCUT2D eigenvalue weighted by Crippen LogP contribution is -2.04. The monoisotopic (exact) mass is 297 g/mol. The predicted molar refractivity (Wildman–Crippen MR) is 82.6 cm³/mol. The van der Waals surface area contributed by atoms with Gasteiger partial charge < -0.3 is 5.11 Å². The molecule has 3 rings (SSSR count). The van der Waals surface area contributed by atoms with Crippen LogP contribution in [0.15, 0.2) is 55.0 Å². The summed E-state index contributed by atoms with van der Waals surface area (Å²) in [6.45, 7) is 0.733. The van der Waals surface area contributed by atoms with E-state index >= 15 is 0 Å². The number of benzene rings is 1. The number of pyridine rings is 1. The van der Waals surface area contributed by atoms with Gasteiger partial charge in [-0.05, 0) is 36.2 Å². The molecule has 2 aromatic heterocycles. The van der Waals surface area contributed by atoms with Crippen molar-refractivity contribution in [3.63, 3.8) is 0 Å². The van der Waals surface area contributed by atoms with Gasteiger partial charge in [0.2, 0.25) is 0 Å². The Bertz CT molecular complexity index is 738. The van der Waals surface area contributed by atoms with Gasteiger partial charge in [0.05, 0.1) is 11.9 Å². The van der Waals surface area contributed by atoms with E-state index in [1.165, 1.54) is 12.1 Å². The van der Waals surface area contributed by atoms with Crippen LogP contribution in [0.5, 0.6) is 0 Å². The maximum absolute atomic E-state index is 13.1. The van der Waals surface area contributed by atoms with Gasteiger partial charge in [0.15, 0.2) is 0 Å². The highest BCUT2D eigenvalue weighted by Crippen LogP contribution is 2.32. The predicted octanol–water partition coefficient (Wildman–Crippen LogP) is 3.13. The summed E-state index contributed by atoms with van der Waals surface area (Å²) in [7, 11) is 0. The molecule has 0 fully saturated rings. The van der Waals surface area contributed by atoms with Crippen molar-refractivity contribution in [2.45, 2.75) is 13.0 Å². The van der Waals surface area contributed by atoms with Gasteiger partial charge in [0.1, 0.15) is 5.82 Å². The molecule has 0 aliphatic carbocycles. The highest BCUT2D eigenvalue weighted by atomic mass is 19.1. The number of aliphatic hydroxyl groups excluding tert-OH is 1. The molecule has 0 aliphatic heterocycles. The van der Waals surface area contributed by atoms with Gasteiger partial charge in [0.25, 0.3) is 0 Å². The van der Waals surface area contributed by atoms with E-state index in [0.717, 1.165) is 22.4 Å². The number of rotatable bonds is 5. The van der Waals surface area contributed by atoms with Crippen LogP contribution >= 0.6 is 0 Å². The molecular weight excluding hydrogens is 281 g/mol. The zero-order chi connectivity index (χ0) is 15.4. The maximum atomic E-state index is 13.1. The minimum Gasteiger partial charge on any atom is -0.396 e. The van der Waals surface area contributed by atoms with Crippen LogP contribution in [-0.2, 0) is 6.54 Å². The van der Waals surface area contributed by atoms with Crippen molar-refractivity contribution in [2.24, 2.45) is 0 Å². The van der Waals surface area contributed by atoms with E-state index in [9.17, 15) is 4.39 Å². The van der Waals surface area contributed by atoms with E-state index in [1.807, 2.05) is 16.8 Å². The first-order valence-corrected chi connectivity index (χ1v) is 7.12. The van der Waals surface area contributed by atoms with Crippen LogP contribution < -0.4 is 0 Å². The minimum absolute atomic E-state index is 0.113. The third-order valence-corrected chi connectivity index (χ3v) is 3.48. The molecule has 0 radical (unpaired) electrons. The molecule has 0 saturated carbocycles. The second-order valence-electron chi connectivity index (χ2n) is 4.95. The smallest absolute Gasteiger partial charge is 0.123 e. The van der Waals surface area contributed by atoms with Gasteiger partial charge >= 0.3 is 0 Å². The van der Waals surface area contributed by atoms with Gasteiger partial charge in [-0.1, -0.05) is 12.1 Å². The normalized spacial score (nSPS) is 10.8. The van der Waals surface area contributed by atoms with Gasteiger partial charge in [-0.2, -0.15) is 5.10 Å². The molecule has 0 aliphatic rings. The van der Waals surface area contributed by atoms with Crippen LogP contribution in [0.25, 0.3) is 22.4 Å². The van der Waals surface area contributed by atoms with Crippen molar-refractivity contribution >= 4 is 0 Å². The lowest BCUT2D eigenvalue weighted by molar-refractivity contribution is 0.277. The Morgan fingerprint density at radius 2 is 1.73 bits per heavy atom. The second-order valence-corrected chi connectivity index (χ2v) is 4.95. The Hall–Kier alpha value is -2.53. The van der Waals surface area contributed by atoms with Crippen molar-refractivity contribution in [2.75, 3.05) is 6.61 Å². The summed E-state index contributed by atoms with van der Waals surface area (Å²) in [6.07, 6.45) is 5.86. The van der Waals surface area contributed by atoms with Gasteiger partial charge in [-0.3, -0.25) is 9.67 Å². The molecule has 0 saturated heterocycles. The Balaban J connectivity index is 2.10. The van der Waals surface area contributed by atoms with Crippen molar-refractivity contribution in [3.05, 3.63) is 60.8 Å². The first kappa shape index (κ1) is 14.4. The fraction of sp³-hybridized carbons (Fsp3) is 0.176. The Kier molecular flexibility index (Phi) is 4.25. The zero-order valence-electron chi connectivity index (χ0n) is 12.0. The number of hydrogen-bond acceptors (Lipinski definition) is 3. The third kappa shape index (κ3) is 2.89. The highest BCUT2D eigenvalue weighted by Gasteiger charge is 2.14. The summed E-state index contributed by atoms with van der Waals surface area (Å²) in [5.74, 6) is -0.262. The van der Waals surface area contributed by atoms with E-state index < -0.39 is 0 Å². The lowest BCUT2D eigenvalue weighted by atomic mass is 10.0. The summed E-state index contributed by atoms with van der Waals surface area (Å²) in [5.41, 5.74) is 3.78. The van der Waals surface area contributed by atoms with Gasteiger partial charge in [-0.25, -0.2) is 4.39 Å². The van der Waals surface area contributed by atoms with Gasteiger partial charge in [0, 0.05) is 36.7 Å². The molecule has 2 heterocycles. The molecule has 0 spiro atoms. The fourth-order valence-corrected chi connectivity index (χ4v) is 2.43. The third-order valence-electron chi connectivity index (χ3n) is 3.48. The number of halogens is 1. The fourth-order valence-electron chi connectivity index (χ4n) is 2.43. The van der Waals surface area contributed by atoms with Crippen LogP contribution in [0.3, 0.4) is 0 Å². The molecule has 22 heavy (non-hydrogen) atoms. The number of aryl methyl sites for hydroxylation is 1. The molecule has 4 nitrogen and oxygen atoms in total. The first-order valence-electron chi connectivity index (χ1n) is 7.12. The van der Waals surface area contributed by atoms with E-state index in [2.05, 4.69) is 10.1 Å². The largest absolute Gasteiger partial charge is 0.396 e. The molecule has 3 aromatic rings. The molecule has 0 amide bonds. The van der Waals surface area contributed by atoms with Crippen molar-refractivity contribution in [1.29, 1.82) is 0 Å². The quantitative estimate of drug-likeness (QED) is 0.787. The lowest BCUT2D eigenvalue weighted by Gasteiger charge is -2.09. The SMILES string of the molecule is OCCCn1ncc(-c2ccc(F)cc2)c1-c1ccncc1. The minimum atomic E-state index is -0.262. The summed E-state index contributed by atoms with van der Waals surface area (Å²) in [6, 6.07) is 10.2. The molecule has 0 atom stereocenters. The first-order chi connectivity index (χ1) is 10.8. The average Bonchev–Trinajstić information content (AvgIpc) is 2.98. The molecule has 112 valence electrons. The van der Waals surface area contributed by atoms with Gasteiger partial charge in [-0.15, -0.1) is 0 Å². The Morgan fingerprint density at radius 1 is 1.00 bits per heavy atom. The number of hydrogen-bond donors (Lipinski definition) is 1. The molecule has 0 bridgehead atoms. The second kappa shape index (κ2) is 6.49. The van der Waals surface area contributed by atoms with E-state index in [1.54, 1.807) is 30.7 Å². The summed E-state index contributed by atoms with van der Waals surface area (Å²) in [5, 5.41) is 13.5. The number of aliphatic hydroxyl groups is 1. The molecule has 5 heteroatoms. The number of nitrogens with zero attached hydrogens (tertiary/aromatic N) is 3. The molecule has 1 N–H and O–H groups in total. The molecule has 1 aromatic carbocycles. The average molecular weight is 297 g/mol. The van der Waals surface area contributed by atoms with Crippen LogP contribution in [0.4, 0.5) is 4.39 Å². The molecular formula is C17H16FN3O. The van der Waals surface area contributed by atoms with E-state index in [-0.39, 0.29) is 12.4 Å². The highest BCUT2D eigenvalue weighted by molar-refractivity contribution is 5.80. The zero-order valence-corrected chi connectivity index (χ0v) is 12.0. The Morgan fingerprint density at radius 3 is 2.41 bits per heavy atom. The van der Waals surface area contributed by atoms with Crippen LogP contribution in [0.2, 0.25) is 0 Å². The summed E-state index contributed by atoms with van der Waals surface area (Å²) >= 11 is 0.